The summed E-state index contributed by atoms with van der Waals surface area (Å²) < 4.78 is 14.2. The van der Waals surface area contributed by atoms with E-state index in [9.17, 15) is 9.59 Å². The summed E-state index contributed by atoms with van der Waals surface area (Å²) in [5.41, 5.74) is 1.10. The monoisotopic (exact) mass is 264 g/mol. The zero-order valence-corrected chi connectivity index (χ0v) is 11.1. The van der Waals surface area contributed by atoms with Crippen LogP contribution >= 0.6 is 0 Å². The quantitative estimate of drug-likeness (QED) is 0.596. The summed E-state index contributed by atoms with van der Waals surface area (Å²) in [5.74, 6) is -0.421. The summed E-state index contributed by atoms with van der Waals surface area (Å²) in [6, 6.07) is 7.19. The Balaban J connectivity index is 2.90. The molecule has 0 heterocycles. The van der Waals surface area contributed by atoms with Crippen LogP contribution in [0.1, 0.15) is 5.56 Å². The molecule has 1 rings (SSSR count). The lowest BCUT2D eigenvalue weighted by Crippen LogP contribution is -2.10. The molecule has 0 radical (unpaired) electrons. The number of hydrogen-bond donors (Lipinski definition) is 0. The molecule has 0 aliphatic carbocycles. The third-order valence-electron chi connectivity index (χ3n) is 2.49. The van der Waals surface area contributed by atoms with Gasteiger partial charge >= 0.3 is 11.9 Å². The van der Waals surface area contributed by atoms with Gasteiger partial charge in [0.05, 0.1) is 21.3 Å². The fourth-order valence-electron chi connectivity index (χ4n) is 1.48. The van der Waals surface area contributed by atoms with Gasteiger partial charge in [0.2, 0.25) is 0 Å². The zero-order valence-electron chi connectivity index (χ0n) is 11.1. The van der Waals surface area contributed by atoms with E-state index in [1.807, 2.05) is 12.1 Å². The van der Waals surface area contributed by atoms with Gasteiger partial charge in [-0.3, -0.25) is 0 Å². The van der Waals surface area contributed by atoms with Crippen LogP contribution in [-0.4, -0.2) is 33.3 Å². The molecule has 0 fully saturated rings. The van der Waals surface area contributed by atoms with Gasteiger partial charge in [-0.15, -0.1) is 0 Å². The second-order valence-corrected chi connectivity index (χ2v) is 3.71. The molecule has 0 saturated heterocycles. The van der Waals surface area contributed by atoms with Crippen molar-refractivity contribution in [3.05, 3.63) is 41.5 Å². The van der Waals surface area contributed by atoms with Crippen molar-refractivity contribution in [3.8, 4) is 5.75 Å². The average molecular weight is 264 g/mol. The molecular weight excluding hydrogens is 248 g/mol. The number of ether oxygens (including phenoxy) is 3. The van der Waals surface area contributed by atoms with Gasteiger partial charge in [-0.2, -0.15) is 0 Å². The minimum absolute atomic E-state index is 0.236. The molecule has 0 bridgehead atoms. The molecule has 5 nitrogen and oxygen atoms in total. The largest absolute Gasteiger partial charge is 0.497 e. The second kappa shape index (κ2) is 7.20. The molecule has 0 unspecified atom stereocenters. The highest BCUT2D eigenvalue weighted by Crippen LogP contribution is 2.15. The molecule has 1 aromatic rings. The molecule has 0 spiro atoms. The van der Waals surface area contributed by atoms with Crippen LogP contribution in [0.4, 0.5) is 0 Å². The van der Waals surface area contributed by atoms with Gasteiger partial charge in [0, 0.05) is 18.1 Å². The van der Waals surface area contributed by atoms with E-state index < -0.39 is 11.9 Å². The Kier molecular flexibility index (Phi) is 5.60. The molecule has 0 saturated carbocycles. The van der Waals surface area contributed by atoms with Crippen LogP contribution in [-0.2, 0) is 25.5 Å². The Labute approximate surface area is 111 Å². The Hall–Kier alpha value is -2.30. The fourth-order valence-corrected chi connectivity index (χ4v) is 1.48. The van der Waals surface area contributed by atoms with E-state index in [0.29, 0.717) is 0 Å². The van der Waals surface area contributed by atoms with Crippen molar-refractivity contribution < 1.29 is 23.8 Å². The smallest absolute Gasteiger partial charge is 0.334 e. The first kappa shape index (κ1) is 14.8. The normalized spacial score (nSPS) is 10.8. The second-order valence-electron chi connectivity index (χ2n) is 3.71. The van der Waals surface area contributed by atoms with E-state index in [2.05, 4.69) is 9.47 Å². The zero-order chi connectivity index (χ0) is 14.3. The first-order chi connectivity index (χ1) is 9.10. The highest BCUT2D eigenvalue weighted by Gasteiger charge is 2.13. The Morgan fingerprint density at radius 1 is 1.05 bits per heavy atom. The van der Waals surface area contributed by atoms with Crippen molar-refractivity contribution in [1.82, 2.24) is 0 Å². The Morgan fingerprint density at radius 2 is 1.68 bits per heavy atom. The van der Waals surface area contributed by atoms with Crippen molar-refractivity contribution in [1.29, 1.82) is 0 Å². The van der Waals surface area contributed by atoms with Crippen LogP contribution in [0.2, 0.25) is 0 Å². The summed E-state index contributed by atoms with van der Waals surface area (Å²) >= 11 is 0. The van der Waals surface area contributed by atoms with Gasteiger partial charge < -0.3 is 14.2 Å². The number of rotatable bonds is 5. The maximum absolute atomic E-state index is 11.6. The van der Waals surface area contributed by atoms with Crippen molar-refractivity contribution in [3.63, 3.8) is 0 Å². The molecule has 0 aliphatic rings. The number of hydrogen-bond acceptors (Lipinski definition) is 5. The van der Waals surface area contributed by atoms with Gasteiger partial charge in [-0.25, -0.2) is 9.59 Å². The van der Waals surface area contributed by atoms with Crippen LogP contribution in [0, 0.1) is 0 Å². The molecular formula is C14H16O5. The topological polar surface area (TPSA) is 61.8 Å². The molecule has 19 heavy (non-hydrogen) atoms. The molecule has 102 valence electrons. The Bertz CT molecular complexity index is 473. The van der Waals surface area contributed by atoms with Gasteiger partial charge in [0.25, 0.3) is 0 Å². The molecule has 0 atom stereocenters. The fraction of sp³-hybridized carbons (Fsp3) is 0.286. The van der Waals surface area contributed by atoms with Crippen molar-refractivity contribution >= 4 is 11.9 Å². The molecule has 0 amide bonds. The molecule has 0 aliphatic heterocycles. The minimum Gasteiger partial charge on any atom is -0.497 e. The summed E-state index contributed by atoms with van der Waals surface area (Å²) in [6.07, 6.45) is 1.42. The number of methoxy groups -OCH3 is 3. The number of carbonyl (C=O) groups excluding carboxylic acids is 2. The highest BCUT2D eigenvalue weighted by molar-refractivity contribution is 5.96. The van der Waals surface area contributed by atoms with Crippen molar-refractivity contribution in [2.75, 3.05) is 21.3 Å². The van der Waals surface area contributed by atoms with E-state index >= 15 is 0 Å². The van der Waals surface area contributed by atoms with Gasteiger partial charge in [0.15, 0.2) is 0 Å². The maximum Gasteiger partial charge on any atom is 0.334 e. The lowest BCUT2D eigenvalue weighted by Gasteiger charge is -2.06. The summed E-state index contributed by atoms with van der Waals surface area (Å²) in [5, 5.41) is 0. The maximum atomic E-state index is 11.6. The van der Waals surface area contributed by atoms with E-state index in [0.717, 1.165) is 17.4 Å². The molecule has 1 aromatic carbocycles. The van der Waals surface area contributed by atoms with E-state index in [1.54, 1.807) is 19.2 Å². The van der Waals surface area contributed by atoms with Crippen LogP contribution < -0.4 is 4.74 Å². The lowest BCUT2D eigenvalue weighted by molar-refractivity contribution is -0.138. The summed E-state index contributed by atoms with van der Waals surface area (Å²) in [4.78, 5) is 22.8. The highest BCUT2D eigenvalue weighted by atomic mass is 16.5. The first-order valence-electron chi connectivity index (χ1n) is 5.60. The van der Waals surface area contributed by atoms with Crippen LogP contribution in [0.5, 0.6) is 5.75 Å². The van der Waals surface area contributed by atoms with Crippen LogP contribution in [0.15, 0.2) is 35.9 Å². The average Bonchev–Trinajstić information content (AvgIpc) is 2.46. The number of benzene rings is 1. The predicted molar refractivity (Wildman–Crippen MR) is 68.8 cm³/mol. The van der Waals surface area contributed by atoms with Crippen LogP contribution in [0.25, 0.3) is 0 Å². The van der Waals surface area contributed by atoms with E-state index in [4.69, 9.17) is 4.74 Å². The Morgan fingerprint density at radius 3 is 2.16 bits per heavy atom. The first-order valence-corrected chi connectivity index (χ1v) is 5.60. The SMILES string of the molecule is COC(=O)/C=C(\Cc1ccc(OC)cc1)C(=O)OC. The third kappa shape index (κ3) is 4.46. The van der Waals surface area contributed by atoms with Gasteiger partial charge in [-0.05, 0) is 17.7 Å². The van der Waals surface area contributed by atoms with E-state index in [-0.39, 0.29) is 12.0 Å². The van der Waals surface area contributed by atoms with Crippen LogP contribution in [0.3, 0.4) is 0 Å². The summed E-state index contributed by atoms with van der Waals surface area (Å²) in [7, 11) is 4.09. The lowest BCUT2D eigenvalue weighted by atomic mass is 10.0. The van der Waals surface area contributed by atoms with E-state index in [1.165, 1.54) is 14.2 Å². The minimum atomic E-state index is -0.589. The van der Waals surface area contributed by atoms with Gasteiger partial charge in [0.1, 0.15) is 5.75 Å². The summed E-state index contributed by atoms with van der Waals surface area (Å²) in [6.45, 7) is 0. The third-order valence-corrected chi connectivity index (χ3v) is 2.49. The number of carbonyl (C=O) groups is 2. The molecule has 5 heteroatoms. The molecule has 0 aromatic heterocycles. The van der Waals surface area contributed by atoms with Crippen molar-refractivity contribution in [2.24, 2.45) is 0 Å². The van der Waals surface area contributed by atoms with Crippen molar-refractivity contribution in [2.45, 2.75) is 6.42 Å². The number of esters is 2. The van der Waals surface area contributed by atoms with Gasteiger partial charge in [-0.1, -0.05) is 12.1 Å². The molecule has 0 N–H and O–H groups in total. The standard InChI is InChI=1S/C14H16O5/c1-17-12-6-4-10(5-7-12)8-11(14(16)19-3)9-13(15)18-2/h4-7,9H,8H2,1-3H3/b11-9+. The predicted octanol–water partition coefficient (Wildman–Crippen LogP) is 1.51.